The third kappa shape index (κ3) is 4.27. The number of alkyl halides is 3. The second kappa shape index (κ2) is 6.94. The number of halogens is 3. The molecule has 1 aromatic heterocycles. The number of Topliss-reactive ketones (excluding diaryl/α,β-unsaturated/α-hetero) is 2. The van der Waals surface area contributed by atoms with E-state index in [1.807, 2.05) is 13.8 Å². The number of ketones is 2. The Morgan fingerprint density at radius 1 is 1.17 bits per heavy atom. The summed E-state index contributed by atoms with van der Waals surface area (Å²) in [6.07, 6.45) is -3.94. The van der Waals surface area contributed by atoms with Crippen molar-refractivity contribution in [2.24, 2.45) is 5.92 Å². The van der Waals surface area contributed by atoms with Crippen LogP contribution >= 0.6 is 0 Å². The van der Waals surface area contributed by atoms with Crippen molar-refractivity contribution in [3.63, 3.8) is 0 Å². The molecule has 0 fully saturated rings. The fourth-order valence-electron chi connectivity index (χ4n) is 1.92. The van der Waals surface area contributed by atoms with Gasteiger partial charge in [-0.05, 0) is 12.3 Å². The Morgan fingerprint density at radius 3 is 2.29 bits per heavy atom. The Morgan fingerprint density at radius 2 is 1.79 bits per heavy atom. The van der Waals surface area contributed by atoms with Gasteiger partial charge in [0.15, 0.2) is 0 Å². The highest BCUT2D eigenvalue weighted by atomic mass is 19.4. The molecule has 24 heavy (non-hydrogen) atoms. The summed E-state index contributed by atoms with van der Waals surface area (Å²) in [5.74, 6) is -2.49. The van der Waals surface area contributed by atoms with Crippen molar-refractivity contribution in [3.8, 4) is 11.4 Å². The predicted octanol–water partition coefficient (Wildman–Crippen LogP) is 3.94. The number of hydrogen-bond acceptors (Lipinski definition) is 5. The van der Waals surface area contributed by atoms with Crippen molar-refractivity contribution in [1.82, 2.24) is 10.1 Å². The van der Waals surface area contributed by atoms with E-state index in [0.717, 1.165) is 0 Å². The van der Waals surface area contributed by atoms with Crippen LogP contribution in [0.5, 0.6) is 0 Å². The smallest absolute Gasteiger partial charge is 0.329 e. The molecule has 5 nitrogen and oxygen atoms in total. The average molecular weight is 340 g/mol. The summed E-state index contributed by atoms with van der Waals surface area (Å²) in [5.41, 5.74) is 0.424. The van der Waals surface area contributed by atoms with E-state index in [2.05, 4.69) is 14.7 Å². The molecule has 2 aromatic rings. The van der Waals surface area contributed by atoms with Gasteiger partial charge in [0.1, 0.15) is 0 Å². The maximum atomic E-state index is 12.4. The predicted molar refractivity (Wildman–Crippen MR) is 78.1 cm³/mol. The number of nitrogens with zero attached hydrogens (tertiary/aromatic N) is 2. The van der Waals surface area contributed by atoms with E-state index in [0.29, 0.717) is 12.3 Å². The monoisotopic (exact) mass is 340 g/mol. The number of rotatable bonds is 6. The third-order valence-corrected chi connectivity index (χ3v) is 3.28. The van der Waals surface area contributed by atoms with Crippen LogP contribution in [0.3, 0.4) is 0 Å². The quantitative estimate of drug-likeness (QED) is 0.588. The maximum Gasteiger partial charge on any atom is 0.471 e. The fourth-order valence-corrected chi connectivity index (χ4v) is 1.92. The van der Waals surface area contributed by atoms with E-state index in [9.17, 15) is 22.8 Å². The van der Waals surface area contributed by atoms with E-state index in [-0.39, 0.29) is 23.4 Å². The van der Waals surface area contributed by atoms with E-state index >= 15 is 0 Å². The number of carbonyl (C=O) groups excluding carboxylic acids is 2. The van der Waals surface area contributed by atoms with E-state index in [1.165, 1.54) is 24.3 Å². The van der Waals surface area contributed by atoms with Gasteiger partial charge >= 0.3 is 12.1 Å². The summed E-state index contributed by atoms with van der Waals surface area (Å²) >= 11 is 0. The van der Waals surface area contributed by atoms with Crippen molar-refractivity contribution >= 4 is 11.6 Å². The first kappa shape index (κ1) is 17.8. The largest absolute Gasteiger partial charge is 0.471 e. The summed E-state index contributed by atoms with van der Waals surface area (Å²) in [6, 6.07) is 5.45. The molecular formula is C16H15F3N2O3. The lowest BCUT2D eigenvalue weighted by Gasteiger charge is -2.04. The van der Waals surface area contributed by atoms with Crippen molar-refractivity contribution < 1.29 is 27.3 Å². The first-order valence-electron chi connectivity index (χ1n) is 7.27. The van der Waals surface area contributed by atoms with Crippen LogP contribution in [0.15, 0.2) is 28.8 Å². The van der Waals surface area contributed by atoms with E-state index < -0.39 is 23.6 Å². The molecule has 1 heterocycles. The maximum absolute atomic E-state index is 12.4. The minimum Gasteiger partial charge on any atom is -0.329 e. The van der Waals surface area contributed by atoms with Crippen molar-refractivity contribution in [2.75, 3.05) is 0 Å². The van der Waals surface area contributed by atoms with Crippen LogP contribution in [0.1, 0.15) is 42.9 Å². The molecule has 8 heteroatoms. The van der Waals surface area contributed by atoms with Gasteiger partial charge in [-0.2, -0.15) is 18.2 Å². The van der Waals surface area contributed by atoms with E-state index in [4.69, 9.17) is 0 Å². The molecule has 0 aliphatic heterocycles. The lowest BCUT2D eigenvalue weighted by atomic mass is 9.99. The average Bonchev–Trinajstić information content (AvgIpc) is 3.02. The van der Waals surface area contributed by atoms with Gasteiger partial charge in [0.25, 0.3) is 0 Å². The molecule has 1 aromatic carbocycles. The lowest BCUT2D eigenvalue weighted by Crippen LogP contribution is -2.14. The summed E-state index contributed by atoms with van der Waals surface area (Å²) in [4.78, 5) is 27.1. The number of benzene rings is 1. The minimum absolute atomic E-state index is 0.165. The van der Waals surface area contributed by atoms with Crippen LogP contribution in [0.4, 0.5) is 13.2 Å². The molecule has 128 valence electrons. The molecule has 2 rings (SSSR count). The van der Waals surface area contributed by atoms with Gasteiger partial charge in [-0.3, -0.25) is 9.59 Å². The summed E-state index contributed by atoms with van der Waals surface area (Å²) in [5, 5.41) is 3.25. The zero-order chi connectivity index (χ0) is 17.9. The molecule has 0 radical (unpaired) electrons. The van der Waals surface area contributed by atoms with Crippen LogP contribution in [0.25, 0.3) is 11.4 Å². The van der Waals surface area contributed by atoms with Crippen LogP contribution < -0.4 is 0 Å². The number of aromatic nitrogens is 2. The van der Waals surface area contributed by atoms with Gasteiger partial charge in [-0.25, -0.2) is 0 Å². The molecular weight excluding hydrogens is 325 g/mol. The zero-order valence-electron chi connectivity index (χ0n) is 13.1. The molecule has 0 aliphatic rings. The first-order chi connectivity index (χ1) is 11.2. The first-order valence-corrected chi connectivity index (χ1v) is 7.27. The normalized spacial score (nSPS) is 11.8. The molecule has 0 amide bonds. The van der Waals surface area contributed by atoms with Gasteiger partial charge in [0.05, 0.1) is 0 Å². The zero-order valence-corrected chi connectivity index (χ0v) is 13.1. The highest BCUT2D eigenvalue weighted by Crippen LogP contribution is 2.29. The van der Waals surface area contributed by atoms with Gasteiger partial charge in [0.2, 0.25) is 17.4 Å². The second-order valence-corrected chi connectivity index (χ2v) is 5.68. The standard InChI is InChI=1S/C16H15F3N2O3/c1-9(2)3-8-12(22)13(23)10-4-6-11(7-5-10)14-20-15(24-21-14)16(17,18)19/h4-7,9H,3,8H2,1-2H3. The topological polar surface area (TPSA) is 73.1 Å². The van der Waals surface area contributed by atoms with Gasteiger partial charge in [-0.1, -0.05) is 43.3 Å². The van der Waals surface area contributed by atoms with Crippen molar-refractivity contribution in [1.29, 1.82) is 0 Å². The third-order valence-electron chi connectivity index (χ3n) is 3.28. The van der Waals surface area contributed by atoms with Crippen molar-refractivity contribution in [2.45, 2.75) is 32.9 Å². The Balaban J connectivity index is 2.11. The summed E-state index contributed by atoms with van der Waals surface area (Å²) in [7, 11) is 0. The van der Waals surface area contributed by atoms with E-state index in [1.54, 1.807) is 0 Å². The summed E-state index contributed by atoms with van der Waals surface area (Å²) in [6.45, 7) is 3.90. The fraction of sp³-hybridized carbons (Fsp3) is 0.375. The van der Waals surface area contributed by atoms with Crippen LogP contribution in [0.2, 0.25) is 0 Å². The minimum atomic E-state index is -4.72. The van der Waals surface area contributed by atoms with Crippen LogP contribution in [0, 0.1) is 5.92 Å². The number of carbonyl (C=O) groups is 2. The van der Waals surface area contributed by atoms with Gasteiger partial charge < -0.3 is 4.52 Å². The molecule has 0 atom stereocenters. The Bertz CT molecular complexity index is 734. The molecule has 0 saturated carbocycles. The lowest BCUT2D eigenvalue weighted by molar-refractivity contribution is -0.159. The molecule has 0 aliphatic carbocycles. The molecule has 0 N–H and O–H groups in total. The summed E-state index contributed by atoms with van der Waals surface area (Å²) < 4.78 is 41.4. The molecule has 0 bridgehead atoms. The Kier molecular flexibility index (Phi) is 5.16. The van der Waals surface area contributed by atoms with Crippen LogP contribution in [-0.4, -0.2) is 21.7 Å². The molecule has 0 saturated heterocycles. The highest BCUT2D eigenvalue weighted by Gasteiger charge is 2.38. The van der Waals surface area contributed by atoms with Gasteiger partial charge in [-0.15, -0.1) is 0 Å². The van der Waals surface area contributed by atoms with Crippen molar-refractivity contribution in [3.05, 3.63) is 35.7 Å². The molecule has 0 spiro atoms. The highest BCUT2D eigenvalue weighted by molar-refractivity contribution is 6.43. The molecule has 0 unspecified atom stereocenters. The Hall–Kier alpha value is -2.51. The van der Waals surface area contributed by atoms with Gasteiger partial charge in [0, 0.05) is 17.5 Å². The SMILES string of the molecule is CC(C)CCC(=O)C(=O)c1ccc(-c2noc(C(F)(F)F)n2)cc1. The number of hydrogen-bond donors (Lipinski definition) is 0. The second-order valence-electron chi connectivity index (χ2n) is 5.68. The van der Waals surface area contributed by atoms with Crippen LogP contribution in [-0.2, 0) is 11.0 Å². The Labute approximate surface area is 135 Å².